The van der Waals surface area contributed by atoms with Crippen LogP contribution in [0.2, 0.25) is 0 Å². The van der Waals surface area contributed by atoms with E-state index in [-0.39, 0.29) is 5.88 Å². The summed E-state index contributed by atoms with van der Waals surface area (Å²) in [6, 6.07) is 13.1. The molecular formula is C29H38N2O3S. The molecule has 3 rings (SSSR count). The van der Waals surface area contributed by atoms with Crippen molar-refractivity contribution in [2.24, 2.45) is 0 Å². The van der Waals surface area contributed by atoms with Crippen LogP contribution in [-0.4, -0.2) is 24.6 Å². The number of hydrogen-bond donors (Lipinski definition) is 0. The van der Waals surface area contributed by atoms with Gasteiger partial charge in [0.15, 0.2) is 0 Å². The molecule has 6 heteroatoms. The average Bonchev–Trinajstić information content (AvgIpc) is 2.77. The molecule has 1 heterocycles. The van der Waals surface area contributed by atoms with Gasteiger partial charge in [-0.15, -0.1) is 0 Å². The molecule has 188 valence electrons. The zero-order chi connectivity index (χ0) is 26.1. The van der Waals surface area contributed by atoms with Gasteiger partial charge < -0.3 is 4.18 Å². The fourth-order valence-corrected chi connectivity index (χ4v) is 4.33. The van der Waals surface area contributed by atoms with Crippen LogP contribution in [0.1, 0.15) is 101 Å². The van der Waals surface area contributed by atoms with Gasteiger partial charge in [0.05, 0.1) is 18.1 Å². The van der Waals surface area contributed by atoms with Crippen LogP contribution in [0.15, 0.2) is 42.6 Å². The van der Waals surface area contributed by atoms with Gasteiger partial charge in [0.1, 0.15) is 5.69 Å². The smallest absolute Gasteiger partial charge is 0.307 e. The molecule has 2 aromatic carbocycles. The van der Waals surface area contributed by atoms with Gasteiger partial charge in [-0.25, -0.2) is 9.97 Å². The van der Waals surface area contributed by atoms with Crippen molar-refractivity contribution in [3.63, 3.8) is 0 Å². The van der Waals surface area contributed by atoms with Crippen molar-refractivity contribution in [2.45, 2.75) is 79.1 Å². The summed E-state index contributed by atoms with van der Waals surface area (Å²) in [4.78, 5) is 9.40. The number of hydrogen-bond acceptors (Lipinski definition) is 5. The standard InChI is InChI=1S/C29H38N2O3S/c1-17(2)21-10-22(18(3)4)13-25(12-21)28-29(31-27(16-30-28)34-35(9,32)33)26-14-23(19(5)6)11-24(15-26)20(7)8/h10-20H,1-9H3. The van der Waals surface area contributed by atoms with Gasteiger partial charge >= 0.3 is 10.1 Å². The molecule has 0 fully saturated rings. The van der Waals surface area contributed by atoms with Crippen LogP contribution < -0.4 is 4.18 Å². The highest BCUT2D eigenvalue weighted by Gasteiger charge is 2.19. The molecular weight excluding hydrogens is 456 g/mol. The van der Waals surface area contributed by atoms with Crippen LogP contribution in [0.3, 0.4) is 0 Å². The predicted molar refractivity (Wildman–Crippen MR) is 145 cm³/mol. The second-order valence-corrected chi connectivity index (χ2v) is 12.2. The van der Waals surface area contributed by atoms with E-state index in [0.717, 1.165) is 17.4 Å². The minimum atomic E-state index is -3.74. The van der Waals surface area contributed by atoms with E-state index in [1.807, 2.05) is 0 Å². The first kappa shape index (κ1) is 26.9. The number of nitrogens with zero attached hydrogens (tertiary/aromatic N) is 2. The molecule has 0 N–H and O–H groups in total. The van der Waals surface area contributed by atoms with Crippen molar-refractivity contribution in [3.05, 3.63) is 64.8 Å². The molecule has 0 saturated carbocycles. The first-order valence-electron chi connectivity index (χ1n) is 12.3. The normalized spacial score (nSPS) is 12.3. The summed E-state index contributed by atoms with van der Waals surface area (Å²) in [6.45, 7) is 17.4. The second kappa shape index (κ2) is 10.5. The summed E-state index contributed by atoms with van der Waals surface area (Å²) in [6.07, 6.45) is 2.41. The van der Waals surface area contributed by atoms with Crippen LogP contribution in [0, 0.1) is 0 Å². The summed E-state index contributed by atoms with van der Waals surface area (Å²) < 4.78 is 28.8. The van der Waals surface area contributed by atoms with E-state index in [4.69, 9.17) is 14.2 Å². The number of rotatable bonds is 8. The molecule has 0 atom stereocenters. The first-order valence-corrected chi connectivity index (χ1v) is 14.1. The number of aromatic nitrogens is 2. The summed E-state index contributed by atoms with van der Waals surface area (Å²) in [5.74, 6) is 1.34. The third-order valence-corrected chi connectivity index (χ3v) is 6.63. The average molecular weight is 495 g/mol. The maximum atomic E-state index is 11.8. The Bertz CT molecular complexity index is 1260. The zero-order valence-electron chi connectivity index (χ0n) is 22.4. The van der Waals surface area contributed by atoms with Gasteiger partial charge in [0.25, 0.3) is 5.88 Å². The first-order chi connectivity index (χ1) is 16.2. The fraction of sp³-hybridized carbons (Fsp3) is 0.448. The molecule has 35 heavy (non-hydrogen) atoms. The Morgan fingerprint density at radius 1 is 0.629 bits per heavy atom. The highest BCUT2D eigenvalue weighted by Crippen LogP contribution is 2.36. The van der Waals surface area contributed by atoms with Crippen LogP contribution in [0.25, 0.3) is 22.5 Å². The van der Waals surface area contributed by atoms with Gasteiger partial charge in [-0.2, -0.15) is 8.42 Å². The van der Waals surface area contributed by atoms with Crippen LogP contribution in [0.4, 0.5) is 0 Å². The van der Waals surface area contributed by atoms with Crippen molar-refractivity contribution < 1.29 is 12.6 Å². The third kappa shape index (κ3) is 6.69. The zero-order valence-corrected chi connectivity index (χ0v) is 23.2. The Labute approximate surface area is 211 Å². The summed E-state index contributed by atoms with van der Waals surface area (Å²) in [5.41, 5.74) is 8.07. The molecule has 1 aromatic heterocycles. The maximum Gasteiger partial charge on any atom is 0.307 e. The molecule has 5 nitrogen and oxygen atoms in total. The molecule has 0 spiro atoms. The lowest BCUT2D eigenvalue weighted by Gasteiger charge is -2.18. The molecule has 0 aliphatic carbocycles. The van der Waals surface area contributed by atoms with Gasteiger partial charge in [-0.05, 0) is 70.2 Å². The molecule has 0 aliphatic heterocycles. The van der Waals surface area contributed by atoms with Crippen molar-refractivity contribution in [1.82, 2.24) is 9.97 Å². The lowest BCUT2D eigenvalue weighted by Crippen LogP contribution is -2.08. The predicted octanol–water partition coefficient (Wildman–Crippen LogP) is 7.64. The topological polar surface area (TPSA) is 69.2 Å². The molecule has 0 bridgehead atoms. The molecule has 0 aliphatic rings. The Hall–Kier alpha value is -2.73. The van der Waals surface area contributed by atoms with Gasteiger partial charge in [0, 0.05) is 11.1 Å². The highest BCUT2D eigenvalue weighted by atomic mass is 32.2. The van der Waals surface area contributed by atoms with Gasteiger partial charge in [0.2, 0.25) is 0 Å². The highest BCUT2D eigenvalue weighted by molar-refractivity contribution is 7.86. The minimum Gasteiger partial charge on any atom is -0.360 e. The fourth-order valence-electron chi connectivity index (χ4n) is 3.94. The quantitative estimate of drug-likeness (QED) is 0.301. The SMILES string of the molecule is CC(C)c1cc(-c2ncc(OS(C)(=O)=O)nc2-c2cc(C(C)C)cc(C(C)C)c2)cc(C(C)C)c1. The lowest BCUT2D eigenvalue weighted by molar-refractivity contribution is 0.481. The van der Waals surface area contributed by atoms with E-state index >= 15 is 0 Å². The Morgan fingerprint density at radius 3 is 1.34 bits per heavy atom. The van der Waals surface area contributed by atoms with E-state index < -0.39 is 10.1 Å². The van der Waals surface area contributed by atoms with E-state index in [9.17, 15) is 8.42 Å². The van der Waals surface area contributed by atoms with Crippen LogP contribution in [0.5, 0.6) is 5.88 Å². The molecule has 0 radical (unpaired) electrons. The van der Waals surface area contributed by atoms with Crippen molar-refractivity contribution >= 4 is 10.1 Å². The summed E-state index contributed by atoms with van der Waals surface area (Å²) in [5, 5.41) is 0. The molecule has 3 aromatic rings. The summed E-state index contributed by atoms with van der Waals surface area (Å²) >= 11 is 0. The lowest BCUT2D eigenvalue weighted by atomic mass is 9.89. The molecule has 0 unspecified atom stereocenters. The largest absolute Gasteiger partial charge is 0.360 e. The van der Waals surface area contributed by atoms with Crippen LogP contribution >= 0.6 is 0 Å². The van der Waals surface area contributed by atoms with E-state index in [0.29, 0.717) is 35.1 Å². The second-order valence-electron chi connectivity index (χ2n) is 10.6. The van der Waals surface area contributed by atoms with Gasteiger partial charge in [-0.1, -0.05) is 67.5 Å². The van der Waals surface area contributed by atoms with E-state index in [2.05, 4.69) is 91.8 Å². The monoisotopic (exact) mass is 494 g/mol. The van der Waals surface area contributed by atoms with Crippen molar-refractivity contribution in [1.29, 1.82) is 0 Å². The minimum absolute atomic E-state index is 0.0311. The molecule has 0 saturated heterocycles. The number of benzene rings is 2. The molecule has 0 amide bonds. The Balaban J connectivity index is 2.35. The van der Waals surface area contributed by atoms with Crippen molar-refractivity contribution in [3.8, 4) is 28.4 Å². The summed E-state index contributed by atoms with van der Waals surface area (Å²) in [7, 11) is -3.74. The maximum absolute atomic E-state index is 11.8. The van der Waals surface area contributed by atoms with Crippen LogP contribution in [-0.2, 0) is 10.1 Å². The third-order valence-electron chi connectivity index (χ3n) is 6.16. The van der Waals surface area contributed by atoms with E-state index in [1.165, 1.54) is 28.5 Å². The Kier molecular flexibility index (Phi) is 8.05. The van der Waals surface area contributed by atoms with Crippen molar-refractivity contribution in [2.75, 3.05) is 6.26 Å². The van der Waals surface area contributed by atoms with Gasteiger partial charge in [-0.3, -0.25) is 0 Å². The van der Waals surface area contributed by atoms with E-state index in [1.54, 1.807) is 0 Å². The Morgan fingerprint density at radius 2 is 1.00 bits per heavy atom.